The van der Waals surface area contributed by atoms with Gasteiger partial charge >= 0.3 is 6.18 Å². The molecule has 0 radical (unpaired) electrons. The van der Waals surface area contributed by atoms with Gasteiger partial charge in [0.05, 0.1) is 28.4 Å². The number of hydrogen-bond donors (Lipinski definition) is 1. The Labute approximate surface area is 130 Å². The predicted octanol–water partition coefficient (Wildman–Crippen LogP) is 4.45. The number of aliphatic hydroxyl groups is 1. The van der Waals surface area contributed by atoms with E-state index in [1.165, 1.54) is 10.9 Å². The van der Waals surface area contributed by atoms with Crippen molar-refractivity contribution in [1.82, 2.24) is 9.78 Å². The van der Waals surface area contributed by atoms with Gasteiger partial charge < -0.3 is 5.11 Å². The van der Waals surface area contributed by atoms with Crippen molar-refractivity contribution in [3.8, 4) is 5.69 Å². The van der Waals surface area contributed by atoms with E-state index >= 15 is 0 Å². The smallest absolute Gasteiger partial charge is 0.392 e. The van der Waals surface area contributed by atoms with Crippen LogP contribution >= 0.6 is 39.1 Å². The maximum absolute atomic E-state index is 12.6. The van der Waals surface area contributed by atoms with Gasteiger partial charge in [-0.25, -0.2) is 4.68 Å². The van der Waals surface area contributed by atoms with Crippen LogP contribution in [0.5, 0.6) is 0 Å². The third kappa shape index (κ3) is 2.81. The average Bonchev–Trinajstić information content (AvgIpc) is 2.69. The van der Waals surface area contributed by atoms with Gasteiger partial charge in [0.25, 0.3) is 0 Å². The van der Waals surface area contributed by atoms with Gasteiger partial charge in [0.2, 0.25) is 0 Å². The summed E-state index contributed by atoms with van der Waals surface area (Å²) in [6, 6.07) is 1.55. The molecular formula is C11H6BrCl2F3N2O. The van der Waals surface area contributed by atoms with Crippen LogP contribution < -0.4 is 0 Å². The van der Waals surface area contributed by atoms with Crippen LogP contribution in [0.1, 0.15) is 11.1 Å². The molecule has 1 N–H and O–H groups in total. The number of nitrogens with zero attached hydrogens (tertiary/aromatic N) is 2. The summed E-state index contributed by atoms with van der Waals surface area (Å²) < 4.78 is 39.5. The zero-order chi connectivity index (χ0) is 15.1. The molecule has 0 aliphatic carbocycles. The molecule has 0 unspecified atom stereocenters. The Hall–Kier alpha value is -0.760. The van der Waals surface area contributed by atoms with Crippen molar-refractivity contribution in [1.29, 1.82) is 0 Å². The highest BCUT2D eigenvalue weighted by atomic mass is 79.9. The van der Waals surface area contributed by atoms with Crippen molar-refractivity contribution in [3.05, 3.63) is 44.1 Å². The van der Waals surface area contributed by atoms with E-state index in [9.17, 15) is 13.2 Å². The Balaban J connectivity index is 2.61. The van der Waals surface area contributed by atoms with Crippen LogP contribution in [-0.4, -0.2) is 14.9 Å². The minimum Gasteiger partial charge on any atom is -0.392 e. The van der Waals surface area contributed by atoms with Crippen LogP contribution in [0, 0.1) is 0 Å². The molecule has 0 spiro atoms. The number of halogens is 6. The maximum Gasteiger partial charge on any atom is 0.416 e. The van der Waals surface area contributed by atoms with Crippen molar-refractivity contribution in [2.45, 2.75) is 12.8 Å². The summed E-state index contributed by atoms with van der Waals surface area (Å²) in [6.45, 7) is -0.281. The van der Waals surface area contributed by atoms with Gasteiger partial charge in [-0.05, 0) is 28.1 Å². The SMILES string of the molecule is OCc1cnn(-c2c(Cl)cc(C(F)(F)F)cc2Cl)c1Br. The van der Waals surface area contributed by atoms with Gasteiger partial charge in [-0.3, -0.25) is 0 Å². The van der Waals surface area contributed by atoms with Crippen molar-refractivity contribution in [2.75, 3.05) is 0 Å². The molecule has 2 rings (SSSR count). The second kappa shape index (κ2) is 5.55. The second-order valence-electron chi connectivity index (χ2n) is 3.82. The van der Waals surface area contributed by atoms with E-state index in [4.69, 9.17) is 28.3 Å². The summed E-state index contributed by atoms with van der Waals surface area (Å²) >= 11 is 14.9. The van der Waals surface area contributed by atoms with Crippen molar-refractivity contribution >= 4 is 39.1 Å². The molecule has 1 heterocycles. The van der Waals surface area contributed by atoms with Crippen molar-refractivity contribution < 1.29 is 18.3 Å². The minimum atomic E-state index is -4.54. The first-order valence-corrected chi connectivity index (χ1v) is 6.70. The third-order valence-corrected chi connectivity index (χ3v) is 3.93. The lowest BCUT2D eigenvalue weighted by Crippen LogP contribution is -2.07. The molecule has 2 aromatic rings. The normalized spacial score (nSPS) is 11.9. The molecular weight excluding hydrogens is 384 g/mol. The van der Waals surface area contributed by atoms with E-state index < -0.39 is 11.7 Å². The summed E-state index contributed by atoms with van der Waals surface area (Å²) in [4.78, 5) is 0. The molecule has 0 bridgehead atoms. The summed E-state index contributed by atoms with van der Waals surface area (Å²) in [6.07, 6.45) is -3.18. The molecule has 20 heavy (non-hydrogen) atoms. The zero-order valence-electron chi connectivity index (χ0n) is 9.55. The fraction of sp³-hybridized carbons (Fsp3) is 0.182. The molecule has 0 saturated carbocycles. The Kier molecular flexibility index (Phi) is 4.34. The zero-order valence-corrected chi connectivity index (χ0v) is 12.6. The Morgan fingerprint density at radius 3 is 2.20 bits per heavy atom. The lowest BCUT2D eigenvalue weighted by molar-refractivity contribution is -0.137. The first-order chi connectivity index (χ1) is 9.25. The summed E-state index contributed by atoms with van der Waals surface area (Å²) in [5.74, 6) is 0. The first kappa shape index (κ1) is 15.6. The number of alkyl halides is 3. The van der Waals surface area contributed by atoms with E-state index in [-0.39, 0.29) is 22.3 Å². The molecule has 0 saturated heterocycles. The summed E-state index contributed by atoms with van der Waals surface area (Å²) in [5.41, 5.74) is -0.383. The van der Waals surface area contributed by atoms with E-state index in [2.05, 4.69) is 21.0 Å². The molecule has 0 aliphatic rings. The van der Waals surface area contributed by atoms with Crippen LogP contribution in [0.15, 0.2) is 22.9 Å². The monoisotopic (exact) mass is 388 g/mol. The molecule has 108 valence electrons. The topological polar surface area (TPSA) is 38.1 Å². The number of aromatic nitrogens is 2. The highest BCUT2D eigenvalue weighted by Gasteiger charge is 2.32. The lowest BCUT2D eigenvalue weighted by atomic mass is 10.2. The Bertz CT molecular complexity index is 635. The molecule has 0 atom stereocenters. The fourth-order valence-electron chi connectivity index (χ4n) is 1.56. The number of hydrogen-bond acceptors (Lipinski definition) is 2. The Morgan fingerprint density at radius 1 is 1.25 bits per heavy atom. The van der Waals surface area contributed by atoms with Gasteiger partial charge in [-0.2, -0.15) is 18.3 Å². The second-order valence-corrected chi connectivity index (χ2v) is 5.38. The first-order valence-electron chi connectivity index (χ1n) is 5.15. The van der Waals surface area contributed by atoms with Crippen molar-refractivity contribution in [2.24, 2.45) is 0 Å². The quantitative estimate of drug-likeness (QED) is 0.823. The molecule has 3 nitrogen and oxygen atoms in total. The number of rotatable bonds is 2. The van der Waals surface area contributed by atoms with E-state index in [1.54, 1.807) is 0 Å². The number of aliphatic hydroxyl groups excluding tert-OH is 1. The molecule has 0 amide bonds. The third-order valence-electron chi connectivity index (χ3n) is 2.51. The van der Waals surface area contributed by atoms with Crippen LogP contribution in [0.2, 0.25) is 10.0 Å². The van der Waals surface area contributed by atoms with Gasteiger partial charge in [-0.15, -0.1) is 0 Å². The standard InChI is InChI=1S/C11H6BrCl2F3N2O/c12-10-5(4-20)3-18-19(10)9-7(13)1-6(2-8(9)14)11(15,16)17/h1-3,20H,4H2. The van der Waals surface area contributed by atoms with Gasteiger partial charge in [-0.1, -0.05) is 23.2 Å². The molecule has 0 fully saturated rings. The van der Waals surface area contributed by atoms with Gasteiger partial charge in [0.1, 0.15) is 10.3 Å². The summed E-state index contributed by atoms with van der Waals surface area (Å²) in [5, 5.41) is 12.6. The van der Waals surface area contributed by atoms with E-state index in [0.29, 0.717) is 10.2 Å². The average molecular weight is 390 g/mol. The van der Waals surface area contributed by atoms with Crippen LogP contribution in [-0.2, 0) is 12.8 Å². The lowest BCUT2D eigenvalue weighted by Gasteiger charge is -2.13. The van der Waals surface area contributed by atoms with Crippen LogP contribution in [0.4, 0.5) is 13.2 Å². The maximum atomic E-state index is 12.6. The number of benzene rings is 1. The van der Waals surface area contributed by atoms with Gasteiger partial charge in [0.15, 0.2) is 0 Å². The molecule has 9 heteroatoms. The van der Waals surface area contributed by atoms with E-state index in [1.807, 2.05) is 0 Å². The highest BCUT2D eigenvalue weighted by Crippen LogP contribution is 2.38. The Morgan fingerprint density at radius 2 is 1.80 bits per heavy atom. The van der Waals surface area contributed by atoms with E-state index in [0.717, 1.165) is 12.1 Å². The largest absolute Gasteiger partial charge is 0.416 e. The van der Waals surface area contributed by atoms with Crippen LogP contribution in [0.3, 0.4) is 0 Å². The predicted molar refractivity (Wildman–Crippen MR) is 72.2 cm³/mol. The van der Waals surface area contributed by atoms with Gasteiger partial charge in [0, 0.05) is 5.56 Å². The molecule has 1 aromatic heterocycles. The molecule has 1 aromatic carbocycles. The summed E-state index contributed by atoms with van der Waals surface area (Å²) in [7, 11) is 0. The van der Waals surface area contributed by atoms with Crippen molar-refractivity contribution in [3.63, 3.8) is 0 Å². The minimum absolute atomic E-state index is 0.105. The fourth-order valence-corrected chi connectivity index (χ4v) is 2.70. The van der Waals surface area contributed by atoms with Crippen LogP contribution in [0.25, 0.3) is 5.69 Å². The highest BCUT2D eigenvalue weighted by molar-refractivity contribution is 9.10. The molecule has 0 aliphatic heterocycles.